The number of nitrogens with zero attached hydrogens (tertiary/aromatic N) is 2. The molecule has 0 N–H and O–H groups in total. The molecule has 1 heterocycles. The first kappa shape index (κ1) is 15.4. The summed E-state index contributed by atoms with van der Waals surface area (Å²) in [5, 5.41) is 0. The SMILES string of the molecule is CS(=O)(=O)OCCN1CCN(Cc2ccccc2)CC1. The van der Waals surface area contributed by atoms with Gasteiger partial charge in [0.25, 0.3) is 10.1 Å². The van der Waals surface area contributed by atoms with Gasteiger partial charge in [-0.15, -0.1) is 0 Å². The number of benzene rings is 1. The molecule has 0 radical (unpaired) electrons. The zero-order valence-corrected chi connectivity index (χ0v) is 12.7. The van der Waals surface area contributed by atoms with Crippen LogP contribution in [0, 0.1) is 0 Å². The van der Waals surface area contributed by atoms with Gasteiger partial charge in [-0.3, -0.25) is 14.0 Å². The Balaban J connectivity index is 1.67. The molecule has 0 spiro atoms. The van der Waals surface area contributed by atoms with Crippen LogP contribution in [0.4, 0.5) is 0 Å². The number of hydrogen-bond acceptors (Lipinski definition) is 5. The average molecular weight is 298 g/mol. The molecule has 112 valence electrons. The summed E-state index contributed by atoms with van der Waals surface area (Å²) >= 11 is 0. The quantitative estimate of drug-likeness (QED) is 0.727. The molecule has 20 heavy (non-hydrogen) atoms. The topological polar surface area (TPSA) is 49.9 Å². The Morgan fingerprint density at radius 1 is 1.05 bits per heavy atom. The van der Waals surface area contributed by atoms with E-state index in [4.69, 9.17) is 4.18 Å². The van der Waals surface area contributed by atoms with Crippen LogP contribution in [0.2, 0.25) is 0 Å². The number of rotatable bonds is 6. The third-order valence-electron chi connectivity index (χ3n) is 3.42. The Bertz CT molecular complexity index is 496. The van der Waals surface area contributed by atoms with Gasteiger partial charge in [-0.25, -0.2) is 0 Å². The summed E-state index contributed by atoms with van der Waals surface area (Å²) in [6.07, 6.45) is 1.09. The van der Waals surface area contributed by atoms with Crippen LogP contribution in [0.5, 0.6) is 0 Å². The largest absolute Gasteiger partial charge is 0.298 e. The lowest BCUT2D eigenvalue weighted by Gasteiger charge is -2.34. The predicted molar refractivity (Wildman–Crippen MR) is 79.0 cm³/mol. The van der Waals surface area contributed by atoms with Crippen LogP contribution in [0.25, 0.3) is 0 Å². The summed E-state index contributed by atoms with van der Waals surface area (Å²) in [6, 6.07) is 10.4. The summed E-state index contributed by atoms with van der Waals surface area (Å²) in [4.78, 5) is 4.66. The van der Waals surface area contributed by atoms with Crippen molar-refractivity contribution in [2.24, 2.45) is 0 Å². The lowest BCUT2D eigenvalue weighted by molar-refractivity contribution is 0.114. The second kappa shape index (κ2) is 7.17. The molecule has 1 saturated heterocycles. The first-order valence-corrected chi connectivity index (χ1v) is 8.68. The summed E-state index contributed by atoms with van der Waals surface area (Å²) in [7, 11) is -3.31. The van der Waals surface area contributed by atoms with E-state index in [0.717, 1.165) is 39.0 Å². The number of piperazine rings is 1. The first-order valence-electron chi connectivity index (χ1n) is 6.86. The zero-order valence-electron chi connectivity index (χ0n) is 11.9. The monoisotopic (exact) mass is 298 g/mol. The minimum atomic E-state index is -3.31. The molecule has 0 aromatic heterocycles. The highest BCUT2D eigenvalue weighted by Gasteiger charge is 2.17. The van der Waals surface area contributed by atoms with Crippen LogP contribution in [-0.2, 0) is 20.8 Å². The summed E-state index contributed by atoms with van der Waals surface area (Å²) in [5.41, 5.74) is 1.33. The van der Waals surface area contributed by atoms with Gasteiger partial charge in [0, 0.05) is 39.3 Å². The van der Waals surface area contributed by atoms with E-state index >= 15 is 0 Å². The smallest absolute Gasteiger partial charge is 0.264 e. The van der Waals surface area contributed by atoms with E-state index < -0.39 is 10.1 Å². The van der Waals surface area contributed by atoms with Crippen LogP contribution in [0.1, 0.15) is 5.56 Å². The van der Waals surface area contributed by atoms with E-state index in [1.807, 2.05) is 6.07 Å². The second-order valence-electron chi connectivity index (χ2n) is 5.13. The maximum Gasteiger partial charge on any atom is 0.264 e. The average Bonchev–Trinajstić information content (AvgIpc) is 2.41. The standard InChI is InChI=1S/C14H22N2O3S/c1-20(17,18)19-12-11-15-7-9-16(10-8-15)13-14-5-3-2-4-6-14/h2-6H,7-13H2,1H3. The molecule has 2 rings (SSSR count). The van der Waals surface area contributed by atoms with Crippen molar-refractivity contribution < 1.29 is 12.6 Å². The summed E-state index contributed by atoms with van der Waals surface area (Å²) in [6.45, 7) is 5.83. The second-order valence-corrected chi connectivity index (χ2v) is 6.77. The molecular weight excluding hydrogens is 276 g/mol. The Hall–Kier alpha value is -0.950. The van der Waals surface area contributed by atoms with Gasteiger partial charge in [0.2, 0.25) is 0 Å². The molecule has 6 heteroatoms. The van der Waals surface area contributed by atoms with E-state index in [2.05, 4.69) is 34.1 Å². The van der Waals surface area contributed by atoms with Crippen molar-refractivity contribution in [2.75, 3.05) is 45.6 Å². The molecule has 0 bridgehead atoms. The van der Waals surface area contributed by atoms with Crippen molar-refractivity contribution in [1.29, 1.82) is 0 Å². The fraction of sp³-hybridized carbons (Fsp3) is 0.571. The molecule has 0 unspecified atom stereocenters. The van der Waals surface area contributed by atoms with Crippen molar-refractivity contribution in [1.82, 2.24) is 9.80 Å². The van der Waals surface area contributed by atoms with Crippen LogP contribution in [-0.4, -0.2) is 63.8 Å². The molecule has 0 saturated carbocycles. The van der Waals surface area contributed by atoms with E-state index in [1.165, 1.54) is 5.56 Å². The highest BCUT2D eigenvalue weighted by atomic mass is 32.2. The van der Waals surface area contributed by atoms with E-state index in [-0.39, 0.29) is 6.61 Å². The van der Waals surface area contributed by atoms with Crippen molar-refractivity contribution in [3.63, 3.8) is 0 Å². The summed E-state index contributed by atoms with van der Waals surface area (Å²) < 4.78 is 26.5. The Morgan fingerprint density at radius 3 is 2.25 bits per heavy atom. The van der Waals surface area contributed by atoms with E-state index in [0.29, 0.717) is 6.54 Å². The molecule has 1 fully saturated rings. The molecule has 1 aliphatic heterocycles. The lowest BCUT2D eigenvalue weighted by atomic mass is 10.2. The van der Waals surface area contributed by atoms with Crippen molar-refractivity contribution in [2.45, 2.75) is 6.54 Å². The van der Waals surface area contributed by atoms with Gasteiger partial charge in [-0.05, 0) is 5.56 Å². The van der Waals surface area contributed by atoms with Gasteiger partial charge in [0.15, 0.2) is 0 Å². The van der Waals surface area contributed by atoms with Gasteiger partial charge in [-0.1, -0.05) is 30.3 Å². The Labute approximate surface area is 121 Å². The molecule has 5 nitrogen and oxygen atoms in total. The van der Waals surface area contributed by atoms with Gasteiger partial charge in [0.1, 0.15) is 0 Å². The van der Waals surface area contributed by atoms with Crippen LogP contribution in [0.15, 0.2) is 30.3 Å². The highest BCUT2D eigenvalue weighted by molar-refractivity contribution is 7.85. The van der Waals surface area contributed by atoms with Crippen molar-refractivity contribution >= 4 is 10.1 Å². The predicted octanol–water partition coefficient (Wildman–Crippen LogP) is 0.780. The molecule has 1 aliphatic rings. The molecular formula is C14H22N2O3S. The van der Waals surface area contributed by atoms with Gasteiger partial charge >= 0.3 is 0 Å². The van der Waals surface area contributed by atoms with Crippen molar-refractivity contribution in [3.05, 3.63) is 35.9 Å². The van der Waals surface area contributed by atoms with Crippen LogP contribution < -0.4 is 0 Å². The summed E-state index contributed by atoms with van der Waals surface area (Å²) in [5.74, 6) is 0. The minimum Gasteiger partial charge on any atom is -0.298 e. The zero-order chi connectivity index (χ0) is 14.4. The fourth-order valence-electron chi connectivity index (χ4n) is 2.33. The van der Waals surface area contributed by atoms with Crippen LogP contribution >= 0.6 is 0 Å². The fourth-order valence-corrected chi connectivity index (χ4v) is 2.71. The number of hydrogen-bond donors (Lipinski definition) is 0. The molecule has 0 aliphatic carbocycles. The lowest BCUT2D eigenvalue weighted by Crippen LogP contribution is -2.46. The molecule has 0 amide bonds. The normalized spacial score (nSPS) is 18.2. The van der Waals surface area contributed by atoms with E-state index in [9.17, 15) is 8.42 Å². The third-order valence-corrected chi connectivity index (χ3v) is 4.01. The highest BCUT2D eigenvalue weighted by Crippen LogP contribution is 2.08. The Morgan fingerprint density at radius 2 is 1.65 bits per heavy atom. The first-order chi connectivity index (χ1) is 9.53. The van der Waals surface area contributed by atoms with E-state index in [1.54, 1.807) is 0 Å². The Kier molecular flexibility index (Phi) is 5.54. The maximum atomic E-state index is 10.9. The molecule has 0 atom stereocenters. The van der Waals surface area contributed by atoms with Gasteiger partial charge in [-0.2, -0.15) is 8.42 Å². The van der Waals surface area contributed by atoms with Crippen molar-refractivity contribution in [3.8, 4) is 0 Å². The van der Waals surface area contributed by atoms with Crippen LogP contribution in [0.3, 0.4) is 0 Å². The molecule has 1 aromatic rings. The van der Waals surface area contributed by atoms with Gasteiger partial charge < -0.3 is 0 Å². The minimum absolute atomic E-state index is 0.248. The van der Waals surface area contributed by atoms with Gasteiger partial charge in [0.05, 0.1) is 12.9 Å². The molecule has 1 aromatic carbocycles. The maximum absolute atomic E-state index is 10.9. The third kappa shape index (κ3) is 5.58.